The van der Waals surface area contributed by atoms with Gasteiger partial charge in [0.25, 0.3) is 0 Å². The second-order valence-electron chi connectivity index (χ2n) is 3.84. The van der Waals surface area contributed by atoms with Gasteiger partial charge in [0.05, 0.1) is 6.61 Å². The van der Waals surface area contributed by atoms with E-state index in [-0.39, 0.29) is 6.35 Å². The SMILES string of the molecule is CCOC(=O)C(C)NP(=O)(I)COc1ccccc1. The molecule has 0 aliphatic heterocycles. The normalized spacial score (nSPS) is 15.3. The molecule has 0 saturated heterocycles. The van der Waals surface area contributed by atoms with Crippen LogP contribution in [0.25, 0.3) is 0 Å². The van der Waals surface area contributed by atoms with E-state index in [1.807, 2.05) is 18.2 Å². The zero-order valence-electron chi connectivity index (χ0n) is 10.8. The van der Waals surface area contributed by atoms with Gasteiger partial charge in [-0.05, 0) is 26.0 Å². The van der Waals surface area contributed by atoms with Crippen LogP contribution in [-0.4, -0.2) is 25.0 Å². The van der Waals surface area contributed by atoms with Gasteiger partial charge in [-0.1, -0.05) is 18.2 Å². The molecular weight excluding hydrogens is 380 g/mol. The third-order valence-corrected chi connectivity index (χ3v) is 5.07. The van der Waals surface area contributed by atoms with Gasteiger partial charge in [-0.15, -0.1) is 0 Å². The summed E-state index contributed by atoms with van der Waals surface area (Å²) < 4.78 is 22.5. The van der Waals surface area contributed by atoms with Crippen LogP contribution < -0.4 is 9.82 Å². The molecule has 0 heterocycles. The molecule has 0 bridgehead atoms. The molecule has 1 aromatic rings. The highest BCUT2D eigenvalue weighted by atomic mass is 127. The molecule has 0 aliphatic carbocycles. The molecule has 19 heavy (non-hydrogen) atoms. The van der Waals surface area contributed by atoms with Crippen LogP contribution in [0.4, 0.5) is 0 Å². The van der Waals surface area contributed by atoms with Crippen molar-refractivity contribution in [2.45, 2.75) is 19.9 Å². The lowest BCUT2D eigenvalue weighted by Crippen LogP contribution is -2.33. The van der Waals surface area contributed by atoms with Crippen molar-refractivity contribution in [3.05, 3.63) is 30.3 Å². The molecule has 1 aromatic carbocycles. The fraction of sp³-hybridized carbons (Fsp3) is 0.417. The average molecular weight is 397 g/mol. The average Bonchev–Trinajstić information content (AvgIpc) is 2.37. The summed E-state index contributed by atoms with van der Waals surface area (Å²) >= 11 is 1.79. The van der Waals surface area contributed by atoms with Crippen LogP contribution in [0, 0.1) is 0 Å². The maximum Gasteiger partial charge on any atom is 0.323 e. The minimum absolute atomic E-state index is 0.0152. The summed E-state index contributed by atoms with van der Waals surface area (Å²) in [7, 11) is 0. The van der Waals surface area contributed by atoms with Crippen LogP contribution >= 0.6 is 27.0 Å². The van der Waals surface area contributed by atoms with E-state index in [2.05, 4.69) is 5.09 Å². The monoisotopic (exact) mass is 397 g/mol. The van der Waals surface area contributed by atoms with E-state index in [1.165, 1.54) is 0 Å². The number of esters is 1. The minimum atomic E-state index is -2.79. The van der Waals surface area contributed by atoms with Crippen molar-refractivity contribution in [1.82, 2.24) is 5.09 Å². The van der Waals surface area contributed by atoms with Crippen LogP contribution in [0.3, 0.4) is 0 Å². The van der Waals surface area contributed by atoms with Crippen LogP contribution in [0.5, 0.6) is 5.75 Å². The Hall–Kier alpha value is -0.590. The van der Waals surface area contributed by atoms with E-state index in [1.54, 1.807) is 48.0 Å². The van der Waals surface area contributed by atoms with Gasteiger partial charge in [0.2, 0.25) is 4.94 Å². The molecule has 0 aliphatic rings. The van der Waals surface area contributed by atoms with Crippen LogP contribution in [-0.2, 0) is 14.1 Å². The summed E-state index contributed by atoms with van der Waals surface area (Å²) in [6, 6.07) is 8.49. The number of para-hydroxylation sites is 1. The quantitative estimate of drug-likeness (QED) is 0.435. The molecule has 0 aromatic heterocycles. The van der Waals surface area contributed by atoms with Crippen molar-refractivity contribution in [2.24, 2.45) is 0 Å². The van der Waals surface area contributed by atoms with Crippen LogP contribution in [0.1, 0.15) is 13.8 Å². The second kappa shape index (κ2) is 7.87. The van der Waals surface area contributed by atoms with Gasteiger partial charge in [0.1, 0.15) is 11.8 Å². The number of hydrogen-bond donors (Lipinski definition) is 1. The topological polar surface area (TPSA) is 64.6 Å². The van der Waals surface area contributed by atoms with Gasteiger partial charge < -0.3 is 9.47 Å². The first kappa shape index (κ1) is 16.5. The summed E-state index contributed by atoms with van der Waals surface area (Å²) in [6.45, 7) is 3.65. The molecule has 0 saturated carbocycles. The third kappa shape index (κ3) is 6.40. The first-order valence-corrected chi connectivity index (χ1v) is 10.5. The molecule has 5 nitrogen and oxygen atoms in total. The van der Waals surface area contributed by atoms with Gasteiger partial charge in [-0.25, -0.2) is 5.09 Å². The number of halogens is 1. The second-order valence-corrected chi connectivity index (χ2v) is 10.3. The van der Waals surface area contributed by atoms with Gasteiger partial charge in [0.15, 0.2) is 6.35 Å². The van der Waals surface area contributed by atoms with E-state index >= 15 is 0 Å². The first-order valence-electron chi connectivity index (χ1n) is 5.85. The van der Waals surface area contributed by atoms with Crippen molar-refractivity contribution in [3.8, 4) is 5.75 Å². The Morgan fingerprint density at radius 1 is 1.42 bits per heavy atom. The first-order chi connectivity index (χ1) is 8.94. The van der Waals surface area contributed by atoms with Crippen molar-refractivity contribution in [3.63, 3.8) is 0 Å². The highest BCUT2D eigenvalue weighted by Crippen LogP contribution is 2.50. The number of rotatable bonds is 7. The number of hydrogen-bond acceptors (Lipinski definition) is 4. The van der Waals surface area contributed by atoms with E-state index < -0.39 is 16.9 Å². The predicted molar refractivity (Wildman–Crippen MR) is 82.8 cm³/mol. The molecule has 7 heteroatoms. The van der Waals surface area contributed by atoms with E-state index in [4.69, 9.17) is 9.47 Å². The standard InChI is InChI=1S/C12H17INO4P/c1-3-17-12(15)10(2)14-19(13,16)9-18-11-7-5-4-6-8-11/h4-8,10H,3,9H2,1-2H3,(H,14,16). The van der Waals surface area contributed by atoms with Crippen molar-refractivity contribution in [2.75, 3.05) is 13.0 Å². The smallest absolute Gasteiger partial charge is 0.323 e. The van der Waals surface area contributed by atoms with E-state index in [0.29, 0.717) is 12.4 Å². The Kier molecular flexibility index (Phi) is 6.82. The van der Waals surface area contributed by atoms with Crippen molar-refractivity contribution < 1.29 is 18.8 Å². The summed E-state index contributed by atoms with van der Waals surface area (Å²) in [5.74, 6) is 0.226. The van der Waals surface area contributed by atoms with Crippen molar-refractivity contribution in [1.29, 1.82) is 0 Å². The summed E-state index contributed by atoms with van der Waals surface area (Å²) in [5, 5.41) is 2.75. The zero-order valence-corrected chi connectivity index (χ0v) is 13.9. The number of carbonyl (C=O) groups excluding carboxylic acids is 1. The molecule has 0 spiro atoms. The number of nitrogens with one attached hydrogen (secondary N) is 1. The maximum atomic E-state index is 12.2. The molecule has 1 rings (SSSR count). The van der Waals surface area contributed by atoms with Gasteiger partial charge >= 0.3 is 5.97 Å². The summed E-state index contributed by atoms with van der Waals surface area (Å²) in [5.41, 5.74) is 0. The highest BCUT2D eigenvalue weighted by Gasteiger charge is 2.25. The van der Waals surface area contributed by atoms with Crippen molar-refractivity contribution >= 4 is 32.9 Å². The lowest BCUT2D eigenvalue weighted by atomic mass is 10.3. The fourth-order valence-corrected chi connectivity index (χ4v) is 4.07. The minimum Gasteiger partial charge on any atom is -0.484 e. The Bertz CT molecular complexity index is 454. The number of carbonyl (C=O) groups is 1. The lowest BCUT2D eigenvalue weighted by Gasteiger charge is -2.18. The van der Waals surface area contributed by atoms with Gasteiger partial charge in [-0.2, -0.15) is 0 Å². The van der Waals surface area contributed by atoms with Crippen LogP contribution in [0.2, 0.25) is 0 Å². The maximum absolute atomic E-state index is 12.2. The molecule has 0 amide bonds. The predicted octanol–water partition coefficient (Wildman–Crippen LogP) is 3.19. The summed E-state index contributed by atoms with van der Waals surface area (Å²) in [4.78, 5) is 8.65. The molecule has 2 unspecified atom stereocenters. The van der Waals surface area contributed by atoms with Crippen LogP contribution in [0.15, 0.2) is 30.3 Å². The number of ether oxygens (including phenoxy) is 2. The molecule has 106 valence electrons. The largest absolute Gasteiger partial charge is 0.484 e. The van der Waals surface area contributed by atoms with E-state index in [9.17, 15) is 9.36 Å². The fourth-order valence-electron chi connectivity index (χ4n) is 1.32. The molecule has 1 N–H and O–H groups in total. The van der Waals surface area contributed by atoms with Gasteiger partial charge in [-0.3, -0.25) is 9.36 Å². The Morgan fingerprint density at radius 3 is 2.63 bits per heavy atom. The Balaban J connectivity index is 2.47. The number of benzene rings is 1. The third-order valence-electron chi connectivity index (χ3n) is 2.17. The Morgan fingerprint density at radius 2 is 2.05 bits per heavy atom. The summed E-state index contributed by atoms with van der Waals surface area (Å²) in [6.07, 6.45) is 0.0152. The highest BCUT2D eigenvalue weighted by molar-refractivity contribution is 14.2. The molecule has 0 radical (unpaired) electrons. The molecule has 2 atom stereocenters. The lowest BCUT2D eigenvalue weighted by molar-refractivity contribution is -0.144. The Labute approximate surface area is 126 Å². The molecular formula is C12H17INO4P. The molecule has 0 fully saturated rings. The van der Waals surface area contributed by atoms with Gasteiger partial charge in [0, 0.05) is 22.0 Å². The van der Waals surface area contributed by atoms with E-state index in [0.717, 1.165) is 0 Å². The zero-order chi connectivity index (χ0) is 14.3.